The number of amides is 2. The van der Waals surface area contributed by atoms with Crippen LogP contribution >= 0.6 is 0 Å². The Morgan fingerprint density at radius 3 is 2.74 bits per heavy atom. The van der Waals surface area contributed by atoms with Crippen LogP contribution in [-0.4, -0.2) is 58.1 Å². The minimum Gasteiger partial charge on any atom is -0.381 e. The van der Waals surface area contributed by atoms with Gasteiger partial charge in [0.25, 0.3) is 0 Å². The van der Waals surface area contributed by atoms with E-state index in [1.807, 2.05) is 16.0 Å². The lowest BCUT2D eigenvalue weighted by Gasteiger charge is -2.34. The van der Waals surface area contributed by atoms with Gasteiger partial charge >= 0.3 is 6.03 Å². The van der Waals surface area contributed by atoms with Crippen molar-refractivity contribution >= 4 is 12.0 Å². The summed E-state index contributed by atoms with van der Waals surface area (Å²) < 4.78 is 18.7. The molecule has 1 aromatic carbocycles. The highest BCUT2D eigenvalue weighted by molar-refractivity contribution is 5.75. The van der Waals surface area contributed by atoms with E-state index in [9.17, 15) is 9.18 Å². The molecule has 8 heteroatoms. The number of nitrogens with one attached hydrogen (secondary N) is 1. The number of ether oxygens (including phenoxy) is 1. The van der Waals surface area contributed by atoms with Gasteiger partial charge in [-0.15, -0.1) is 0 Å². The number of nitrogens with zero attached hydrogens (tertiary/aromatic N) is 4. The smallest absolute Gasteiger partial charge is 0.320 e. The normalized spacial score (nSPS) is 21.8. The van der Waals surface area contributed by atoms with Gasteiger partial charge in [-0.25, -0.2) is 19.2 Å². The molecular weight excluding hydrogens is 397 g/mol. The fourth-order valence-electron chi connectivity index (χ4n) is 4.77. The maximum atomic E-state index is 13.4. The highest BCUT2D eigenvalue weighted by atomic mass is 19.1. The molecule has 0 spiro atoms. The fraction of sp³-hybridized carbons (Fsp3) is 0.522. The van der Waals surface area contributed by atoms with Gasteiger partial charge in [0.1, 0.15) is 5.82 Å². The lowest BCUT2D eigenvalue weighted by molar-refractivity contribution is 0.0903. The standard InChI is InChI=1S/C23H28FN5O2/c24-18-5-3-16(4-6-18)21-2-1-10-29(21)23(30)28-11-7-17-14-25-22(27-20(17)15-28)26-19-8-12-31-13-9-19/h3-6,14,19,21H,1-2,7-13,15H2,(H,25,26,27). The summed E-state index contributed by atoms with van der Waals surface area (Å²) >= 11 is 0. The van der Waals surface area contributed by atoms with E-state index < -0.39 is 0 Å². The van der Waals surface area contributed by atoms with Crippen molar-refractivity contribution in [1.29, 1.82) is 0 Å². The maximum Gasteiger partial charge on any atom is 0.320 e. The first kappa shape index (κ1) is 20.2. The zero-order chi connectivity index (χ0) is 21.2. The molecule has 1 unspecified atom stereocenters. The third-order valence-electron chi connectivity index (χ3n) is 6.52. The molecule has 1 atom stereocenters. The van der Waals surface area contributed by atoms with Crippen LogP contribution in [0, 0.1) is 5.82 Å². The Morgan fingerprint density at radius 2 is 1.94 bits per heavy atom. The van der Waals surface area contributed by atoms with E-state index in [0.717, 1.165) is 68.7 Å². The van der Waals surface area contributed by atoms with Gasteiger partial charge in [-0.05, 0) is 55.4 Å². The molecule has 4 heterocycles. The fourth-order valence-corrected chi connectivity index (χ4v) is 4.77. The third-order valence-corrected chi connectivity index (χ3v) is 6.52. The van der Waals surface area contributed by atoms with Crippen molar-refractivity contribution in [2.75, 3.05) is 31.6 Å². The molecule has 2 fully saturated rings. The summed E-state index contributed by atoms with van der Waals surface area (Å²) in [5, 5.41) is 3.42. The van der Waals surface area contributed by atoms with E-state index in [-0.39, 0.29) is 17.9 Å². The van der Waals surface area contributed by atoms with E-state index in [1.54, 1.807) is 12.1 Å². The Labute approximate surface area is 181 Å². The molecule has 2 aromatic rings. The number of anilines is 1. The Morgan fingerprint density at radius 1 is 1.13 bits per heavy atom. The maximum absolute atomic E-state index is 13.4. The van der Waals surface area contributed by atoms with E-state index in [1.165, 1.54) is 12.1 Å². The van der Waals surface area contributed by atoms with Crippen LogP contribution in [0.15, 0.2) is 30.5 Å². The van der Waals surface area contributed by atoms with Crippen molar-refractivity contribution < 1.29 is 13.9 Å². The molecule has 3 aliphatic rings. The second-order valence-corrected chi connectivity index (χ2v) is 8.55. The number of urea groups is 1. The molecule has 0 aliphatic carbocycles. The molecule has 0 saturated carbocycles. The van der Waals surface area contributed by atoms with Crippen LogP contribution in [0.25, 0.3) is 0 Å². The van der Waals surface area contributed by atoms with Gasteiger partial charge in [0.15, 0.2) is 0 Å². The monoisotopic (exact) mass is 425 g/mol. The lowest BCUT2D eigenvalue weighted by Crippen LogP contribution is -2.45. The first-order valence-electron chi connectivity index (χ1n) is 11.2. The average molecular weight is 426 g/mol. The summed E-state index contributed by atoms with van der Waals surface area (Å²) in [5.41, 5.74) is 3.02. The Hall–Kier alpha value is -2.74. The number of hydrogen-bond acceptors (Lipinski definition) is 5. The second-order valence-electron chi connectivity index (χ2n) is 8.55. The molecule has 1 N–H and O–H groups in total. The highest BCUT2D eigenvalue weighted by Crippen LogP contribution is 2.33. The number of rotatable bonds is 3. The largest absolute Gasteiger partial charge is 0.381 e. The van der Waals surface area contributed by atoms with Crippen LogP contribution in [0.2, 0.25) is 0 Å². The number of carbonyl (C=O) groups excluding carboxylic acids is 1. The first-order valence-corrected chi connectivity index (χ1v) is 11.2. The zero-order valence-corrected chi connectivity index (χ0v) is 17.6. The van der Waals surface area contributed by atoms with Crippen molar-refractivity contribution in [3.05, 3.63) is 53.1 Å². The van der Waals surface area contributed by atoms with Crippen molar-refractivity contribution in [3.8, 4) is 0 Å². The zero-order valence-electron chi connectivity index (χ0n) is 17.6. The molecule has 0 radical (unpaired) electrons. The summed E-state index contributed by atoms with van der Waals surface area (Å²) in [6.45, 7) is 3.40. The average Bonchev–Trinajstić information content (AvgIpc) is 3.29. The number of likely N-dealkylation sites (tertiary alicyclic amines) is 1. The summed E-state index contributed by atoms with van der Waals surface area (Å²) in [4.78, 5) is 26.4. The number of benzene rings is 1. The summed E-state index contributed by atoms with van der Waals surface area (Å²) in [7, 11) is 0. The van der Waals surface area contributed by atoms with Gasteiger partial charge in [-0.3, -0.25) is 0 Å². The number of halogens is 1. The molecule has 164 valence electrons. The van der Waals surface area contributed by atoms with Crippen LogP contribution in [-0.2, 0) is 17.7 Å². The molecule has 31 heavy (non-hydrogen) atoms. The predicted molar refractivity (Wildman–Crippen MR) is 114 cm³/mol. The molecule has 0 bridgehead atoms. The van der Waals surface area contributed by atoms with E-state index in [4.69, 9.17) is 9.72 Å². The van der Waals surface area contributed by atoms with Crippen LogP contribution in [0.1, 0.15) is 48.5 Å². The molecular formula is C23H28FN5O2. The van der Waals surface area contributed by atoms with Gasteiger partial charge < -0.3 is 19.9 Å². The predicted octanol–water partition coefficient (Wildman–Crippen LogP) is 3.52. The quantitative estimate of drug-likeness (QED) is 0.815. The van der Waals surface area contributed by atoms with Gasteiger partial charge in [-0.2, -0.15) is 0 Å². The molecule has 5 rings (SSSR count). The first-order chi connectivity index (χ1) is 15.2. The number of hydrogen-bond donors (Lipinski definition) is 1. The van der Waals surface area contributed by atoms with Gasteiger partial charge in [-0.1, -0.05) is 12.1 Å². The second kappa shape index (κ2) is 8.78. The summed E-state index contributed by atoms with van der Waals surface area (Å²) in [6.07, 6.45) is 6.41. The SMILES string of the molecule is O=C(N1CCc2cnc(NC3CCOCC3)nc2C1)N1CCCC1c1ccc(F)cc1. The Balaban J connectivity index is 1.28. The number of fused-ring (bicyclic) bond motifs is 1. The summed E-state index contributed by atoms with van der Waals surface area (Å²) in [6, 6.07) is 6.89. The van der Waals surface area contributed by atoms with Crippen molar-refractivity contribution in [1.82, 2.24) is 19.8 Å². The van der Waals surface area contributed by atoms with E-state index >= 15 is 0 Å². The number of aromatic nitrogens is 2. The lowest BCUT2D eigenvalue weighted by atomic mass is 10.0. The third kappa shape index (κ3) is 4.35. The molecule has 7 nitrogen and oxygen atoms in total. The molecule has 2 amide bonds. The molecule has 2 saturated heterocycles. The van der Waals surface area contributed by atoms with Gasteiger partial charge in [0.05, 0.1) is 18.3 Å². The Kier molecular flexibility index (Phi) is 5.72. The number of carbonyl (C=O) groups is 1. The highest BCUT2D eigenvalue weighted by Gasteiger charge is 2.34. The van der Waals surface area contributed by atoms with Crippen molar-refractivity contribution in [2.45, 2.75) is 50.7 Å². The van der Waals surface area contributed by atoms with Crippen LogP contribution < -0.4 is 5.32 Å². The van der Waals surface area contributed by atoms with Crippen LogP contribution in [0.5, 0.6) is 0 Å². The van der Waals surface area contributed by atoms with Crippen LogP contribution in [0.4, 0.5) is 15.1 Å². The molecule has 3 aliphatic heterocycles. The van der Waals surface area contributed by atoms with Crippen molar-refractivity contribution in [3.63, 3.8) is 0 Å². The summed E-state index contributed by atoms with van der Waals surface area (Å²) in [5.74, 6) is 0.377. The van der Waals surface area contributed by atoms with E-state index in [0.29, 0.717) is 25.1 Å². The van der Waals surface area contributed by atoms with Gasteiger partial charge in [0.2, 0.25) is 5.95 Å². The minimum absolute atomic E-state index is 0.00523. The van der Waals surface area contributed by atoms with E-state index in [2.05, 4.69) is 10.3 Å². The minimum atomic E-state index is -0.253. The Bertz CT molecular complexity index is 932. The molecule has 1 aromatic heterocycles. The topological polar surface area (TPSA) is 70.6 Å². The van der Waals surface area contributed by atoms with Crippen molar-refractivity contribution in [2.24, 2.45) is 0 Å². The van der Waals surface area contributed by atoms with Gasteiger partial charge in [0, 0.05) is 38.5 Å². The van der Waals surface area contributed by atoms with Crippen LogP contribution in [0.3, 0.4) is 0 Å².